The van der Waals surface area contributed by atoms with Gasteiger partial charge in [0.15, 0.2) is 0 Å². The highest BCUT2D eigenvalue weighted by Gasteiger charge is 2.14. The van der Waals surface area contributed by atoms with Gasteiger partial charge in [-0.2, -0.15) is 0 Å². The Balaban J connectivity index is 1.69. The van der Waals surface area contributed by atoms with E-state index in [1.165, 1.54) is 31.9 Å². The summed E-state index contributed by atoms with van der Waals surface area (Å²) in [5, 5.41) is 5.99. The number of fused-ring (bicyclic) bond motifs is 4. The SMILES string of the molecule is c1ccc(-c2cccc(-n3c4ccccc4c4cc5ccsc5cc43)n2)cc1. The van der Waals surface area contributed by atoms with Crippen LogP contribution in [-0.2, 0) is 0 Å². The summed E-state index contributed by atoms with van der Waals surface area (Å²) in [5.74, 6) is 0.948. The molecule has 0 saturated heterocycles. The topological polar surface area (TPSA) is 17.8 Å². The van der Waals surface area contributed by atoms with E-state index in [1.54, 1.807) is 11.3 Å². The van der Waals surface area contributed by atoms with Crippen LogP contribution in [0.15, 0.2) is 96.4 Å². The zero-order chi connectivity index (χ0) is 18.5. The van der Waals surface area contributed by atoms with Gasteiger partial charge in [0.25, 0.3) is 0 Å². The van der Waals surface area contributed by atoms with Crippen LogP contribution in [0.1, 0.15) is 0 Å². The smallest absolute Gasteiger partial charge is 0.138 e. The number of pyridine rings is 1. The Kier molecular flexibility index (Phi) is 3.37. The van der Waals surface area contributed by atoms with E-state index in [4.69, 9.17) is 4.98 Å². The molecule has 0 bridgehead atoms. The minimum atomic E-state index is 0.948. The molecule has 0 spiro atoms. The molecule has 3 heteroatoms. The molecule has 0 amide bonds. The molecule has 0 N–H and O–H groups in total. The van der Waals surface area contributed by atoms with Crippen molar-refractivity contribution < 1.29 is 0 Å². The lowest BCUT2D eigenvalue weighted by Gasteiger charge is -2.09. The van der Waals surface area contributed by atoms with Crippen molar-refractivity contribution in [1.29, 1.82) is 0 Å². The first-order valence-corrected chi connectivity index (χ1v) is 10.2. The van der Waals surface area contributed by atoms with Gasteiger partial charge in [0.1, 0.15) is 5.82 Å². The number of hydrogen-bond acceptors (Lipinski definition) is 2. The van der Waals surface area contributed by atoms with Crippen molar-refractivity contribution in [2.45, 2.75) is 0 Å². The van der Waals surface area contributed by atoms with Crippen LogP contribution in [-0.4, -0.2) is 9.55 Å². The van der Waals surface area contributed by atoms with Gasteiger partial charge in [-0.05, 0) is 47.2 Å². The molecule has 3 aromatic carbocycles. The number of aromatic nitrogens is 2. The van der Waals surface area contributed by atoms with Crippen LogP contribution in [0.25, 0.3) is 49.0 Å². The molecule has 3 aromatic heterocycles. The first-order chi connectivity index (χ1) is 13.9. The van der Waals surface area contributed by atoms with E-state index in [1.807, 2.05) is 6.07 Å². The molecule has 28 heavy (non-hydrogen) atoms. The lowest BCUT2D eigenvalue weighted by Crippen LogP contribution is -1.98. The Bertz CT molecular complexity index is 1460. The van der Waals surface area contributed by atoms with Gasteiger partial charge in [-0.3, -0.25) is 4.57 Å². The van der Waals surface area contributed by atoms with Crippen LogP contribution >= 0.6 is 11.3 Å². The van der Waals surface area contributed by atoms with Crippen LogP contribution in [0, 0.1) is 0 Å². The average molecular weight is 376 g/mol. The van der Waals surface area contributed by atoms with E-state index in [9.17, 15) is 0 Å². The minimum Gasteiger partial charge on any atom is -0.294 e. The van der Waals surface area contributed by atoms with Crippen molar-refractivity contribution >= 4 is 43.2 Å². The summed E-state index contributed by atoms with van der Waals surface area (Å²) in [6.45, 7) is 0. The Morgan fingerprint density at radius 3 is 2.46 bits per heavy atom. The standard InChI is InChI=1S/C25H16N2S/c1-2-7-17(8-3-1)21-10-6-12-25(26-21)27-22-11-5-4-9-19(22)20-15-18-13-14-28-24(18)16-23(20)27/h1-16H. The third kappa shape index (κ3) is 2.30. The van der Waals surface area contributed by atoms with E-state index in [-0.39, 0.29) is 0 Å². The molecule has 0 saturated carbocycles. The summed E-state index contributed by atoms with van der Waals surface area (Å²) in [4.78, 5) is 5.02. The number of thiophene rings is 1. The quantitative estimate of drug-likeness (QED) is 0.316. The van der Waals surface area contributed by atoms with Gasteiger partial charge in [0.2, 0.25) is 0 Å². The van der Waals surface area contributed by atoms with Crippen molar-refractivity contribution in [3.05, 3.63) is 96.4 Å². The summed E-state index contributed by atoms with van der Waals surface area (Å²) in [5.41, 5.74) is 4.51. The van der Waals surface area contributed by atoms with Crippen molar-refractivity contribution in [1.82, 2.24) is 9.55 Å². The molecule has 6 rings (SSSR count). The number of hydrogen-bond donors (Lipinski definition) is 0. The Morgan fingerprint density at radius 1 is 0.679 bits per heavy atom. The molecule has 2 nitrogen and oxygen atoms in total. The average Bonchev–Trinajstić information content (AvgIpc) is 3.34. The van der Waals surface area contributed by atoms with Crippen LogP contribution in [0.2, 0.25) is 0 Å². The first kappa shape index (κ1) is 15.6. The minimum absolute atomic E-state index is 0.948. The van der Waals surface area contributed by atoms with Crippen LogP contribution in [0.4, 0.5) is 0 Å². The van der Waals surface area contributed by atoms with Crippen LogP contribution < -0.4 is 0 Å². The molecule has 0 aliphatic carbocycles. The zero-order valence-corrected chi connectivity index (χ0v) is 15.9. The van der Waals surface area contributed by atoms with Gasteiger partial charge in [0, 0.05) is 21.0 Å². The second-order valence-electron chi connectivity index (χ2n) is 6.93. The van der Waals surface area contributed by atoms with Crippen molar-refractivity contribution in [3.63, 3.8) is 0 Å². The Labute approximate surface area is 166 Å². The number of nitrogens with zero attached hydrogens (tertiary/aromatic N) is 2. The van der Waals surface area contributed by atoms with Crippen LogP contribution in [0.5, 0.6) is 0 Å². The van der Waals surface area contributed by atoms with E-state index in [0.29, 0.717) is 0 Å². The molecule has 132 valence electrons. The van der Waals surface area contributed by atoms with Crippen LogP contribution in [0.3, 0.4) is 0 Å². The van der Waals surface area contributed by atoms with E-state index < -0.39 is 0 Å². The molecule has 0 fully saturated rings. The van der Waals surface area contributed by atoms with Gasteiger partial charge >= 0.3 is 0 Å². The predicted molar refractivity (Wildman–Crippen MR) is 119 cm³/mol. The molecule has 0 atom stereocenters. The van der Waals surface area contributed by atoms with Crippen molar-refractivity contribution in [2.24, 2.45) is 0 Å². The summed E-state index contributed by atoms with van der Waals surface area (Å²) >= 11 is 1.78. The molecule has 0 aliphatic rings. The van der Waals surface area contributed by atoms with E-state index in [0.717, 1.165) is 17.1 Å². The predicted octanol–water partition coefficient (Wildman–Crippen LogP) is 7.06. The number of rotatable bonds is 2. The van der Waals surface area contributed by atoms with Gasteiger partial charge in [-0.15, -0.1) is 11.3 Å². The molecule has 0 radical (unpaired) electrons. The molecule has 6 aromatic rings. The maximum absolute atomic E-state index is 5.02. The van der Waals surface area contributed by atoms with Gasteiger partial charge in [-0.1, -0.05) is 54.6 Å². The van der Waals surface area contributed by atoms with E-state index in [2.05, 4.69) is 94.9 Å². The fourth-order valence-corrected chi connectivity index (χ4v) is 4.79. The molecule has 0 aliphatic heterocycles. The summed E-state index contributed by atoms with van der Waals surface area (Å²) in [6.07, 6.45) is 0. The van der Waals surface area contributed by atoms with Gasteiger partial charge in [0.05, 0.1) is 16.7 Å². The maximum Gasteiger partial charge on any atom is 0.138 e. The largest absolute Gasteiger partial charge is 0.294 e. The maximum atomic E-state index is 5.02. The normalized spacial score (nSPS) is 11.6. The lowest BCUT2D eigenvalue weighted by atomic mass is 10.1. The van der Waals surface area contributed by atoms with Crippen molar-refractivity contribution in [3.8, 4) is 17.1 Å². The fraction of sp³-hybridized carbons (Fsp3) is 0. The highest BCUT2D eigenvalue weighted by Crippen LogP contribution is 2.36. The molecular weight excluding hydrogens is 360 g/mol. The van der Waals surface area contributed by atoms with E-state index >= 15 is 0 Å². The summed E-state index contributed by atoms with van der Waals surface area (Å²) in [6, 6.07) is 32.0. The zero-order valence-electron chi connectivity index (χ0n) is 15.0. The van der Waals surface area contributed by atoms with Gasteiger partial charge < -0.3 is 0 Å². The first-order valence-electron chi connectivity index (χ1n) is 9.32. The van der Waals surface area contributed by atoms with Gasteiger partial charge in [-0.25, -0.2) is 4.98 Å². The second-order valence-corrected chi connectivity index (χ2v) is 7.88. The number of benzene rings is 3. The highest BCUT2D eigenvalue weighted by atomic mass is 32.1. The van der Waals surface area contributed by atoms with Crippen molar-refractivity contribution in [2.75, 3.05) is 0 Å². The monoisotopic (exact) mass is 376 g/mol. The fourth-order valence-electron chi connectivity index (χ4n) is 3.99. The number of para-hydroxylation sites is 1. The molecule has 3 heterocycles. The molecular formula is C25H16N2S. The Morgan fingerprint density at radius 2 is 1.54 bits per heavy atom. The summed E-state index contributed by atoms with van der Waals surface area (Å²) in [7, 11) is 0. The molecule has 0 unspecified atom stereocenters. The summed E-state index contributed by atoms with van der Waals surface area (Å²) < 4.78 is 3.59. The Hall–Kier alpha value is -3.43. The third-order valence-electron chi connectivity index (χ3n) is 5.28. The highest BCUT2D eigenvalue weighted by molar-refractivity contribution is 7.17. The second kappa shape index (κ2) is 6.04. The lowest BCUT2D eigenvalue weighted by molar-refractivity contribution is 1.08. The third-order valence-corrected chi connectivity index (χ3v) is 6.16.